The molecule has 21 heavy (non-hydrogen) atoms. The Balaban J connectivity index is 2.10. The van der Waals surface area contributed by atoms with Gasteiger partial charge in [-0.2, -0.15) is 0 Å². The van der Waals surface area contributed by atoms with Crippen LogP contribution in [0, 0.1) is 18.8 Å². The van der Waals surface area contributed by atoms with Crippen molar-refractivity contribution in [2.75, 3.05) is 6.54 Å². The van der Waals surface area contributed by atoms with E-state index in [9.17, 15) is 8.42 Å². The minimum Gasteiger partial charge on any atom is -0.211 e. The van der Waals surface area contributed by atoms with Crippen molar-refractivity contribution in [2.45, 2.75) is 44.4 Å². The van der Waals surface area contributed by atoms with Crippen molar-refractivity contribution in [3.05, 3.63) is 26.6 Å². The summed E-state index contributed by atoms with van der Waals surface area (Å²) in [5.74, 6) is 1.16. The van der Waals surface area contributed by atoms with Gasteiger partial charge in [0.25, 0.3) is 0 Å². The van der Waals surface area contributed by atoms with Crippen LogP contribution in [0.15, 0.2) is 26.0 Å². The van der Waals surface area contributed by atoms with Crippen molar-refractivity contribution in [3.8, 4) is 0 Å². The van der Waals surface area contributed by atoms with E-state index in [1.807, 2.05) is 13.0 Å². The van der Waals surface area contributed by atoms with Crippen LogP contribution < -0.4 is 4.72 Å². The third-order valence-corrected chi connectivity index (χ3v) is 7.35. The molecule has 2 atom stereocenters. The summed E-state index contributed by atoms with van der Waals surface area (Å²) in [6.07, 6.45) is 4.69. The number of rotatable bonds is 4. The number of sulfonamides is 1. The Hall–Kier alpha value is 0.0900. The first-order valence-electron chi connectivity index (χ1n) is 7.25. The van der Waals surface area contributed by atoms with Crippen molar-refractivity contribution in [1.29, 1.82) is 0 Å². The zero-order valence-electron chi connectivity index (χ0n) is 12.3. The van der Waals surface area contributed by atoms with Gasteiger partial charge in [0.1, 0.15) is 0 Å². The van der Waals surface area contributed by atoms with Gasteiger partial charge in [-0.15, -0.1) is 0 Å². The number of benzene rings is 1. The van der Waals surface area contributed by atoms with E-state index in [0.717, 1.165) is 22.9 Å². The Morgan fingerprint density at radius 1 is 1.24 bits per heavy atom. The van der Waals surface area contributed by atoms with Gasteiger partial charge in [-0.05, 0) is 65.2 Å². The van der Waals surface area contributed by atoms with Crippen LogP contribution in [0.5, 0.6) is 0 Å². The lowest BCUT2D eigenvalue weighted by Crippen LogP contribution is -2.31. The predicted molar refractivity (Wildman–Crippen MR) is 92.9 cm³/mol. The average molecular weight is 439 g/mol. The van der Waals surface area contributed by atoms with Gasteiger partial charge >= 0.3 is 0 Å². The Labute approximate surface area is 144 Å². The summed E-state index contributed by atoms with van der Waals surface area (Å²) < 4.78 is 29.1. The molecule has 1 fully saturated rings. The molecule has 0 bridgehead atoms. The van der Waals surface area contributed by atoms with Crippen molar-refractivity contribution < 1.29 is 8.42 Å². The Kier molecular flexibility index (Phi) is 5.91. The predicted octanol–water partition coefficient (Wildman–Crippen LogP) is 4.62. The highest BCUT2D eigenvalue weighted by Gasteiger charge is 2.23. The van der Waals surface area contributed by atoms with Gasteiger partial charge in [0, 0.05) is 15.5 Å². The van der Waals surface area contributed by atoms with E-state index < -0.39 is 10.0 Å². The molecule has 0 saturated heterocycles. The smallest absolute Gasteiger partial charge is 0.211 e. The Bertz CT molecular complexity index is 616. The lowest BCUT2D eigenvalue weighted by Gasteiger charge is -2.26. The van der Waals surface area contributed by atoms with Crippen molar-refractivity contribution in [1.82, 2.24) is 4.72 Å². The molecule has 1 aromatic carbocycles. The summed E-state index contributed by atoms with van der Waals surface area (Å²) in [6.45, 7) is 4.71. The second kappa shape index (κ2) is 7.11. The third-order valence-electron chi connectivity index (χ3n) is 4.11. The molecular formula is C15H21Br2NO2S. The summed E-state index contributed by atoms with van der Waals surface area (Å²) in [5, 5.41) is 0. The normalized spacial score (nSPS) is 23.2. The van der Waals surface area contributed by atoms with E-state index in [4.69, 9.17) is 0 Å². The van der Waals surface area contributed by atoms with Gasteiger partial charge in [0.2, 0.25) is 10.0 Å². The fourth-order valence-corrected chi connectivity index (χ4v) is 5.68. The third kappa shape index (κ3) is 4.53. The van der Waals surface area contributed by atoms with Gasteiger partial charge in [0.15, 0.2) is 0 Å². The largest absolute Gasteiger partial charge is 0.241 e. The molecule has 0 heterocycles. The van der Waals surface area contributed by atoms with E-state index in [2.05, 4.69) is 43.5 Å². The molecule has 0 radical (unpaired) electrons. The number of hydrogen-bond acceptors (Lipinski definition) is 2. The first kappa shape index (κ1) is 17.4. The second-order valence-electron chi connectivity index (χ2n) is 6.02. The molecule has 1 aliphatic rings. The van der Waals surface area contributed by atoms with Crippen LogP contribution in [0.3, 0.4) is 0 Å². The van der Waals surface area contributed by atoms with E-state index in [1.165, 1.54) is 12.8 Å². The maximum absolute atomic E-state index is 12.5. The highest BCUT2D eigenvalue weighted by Crippen LogP contribution is 2.30. The second-order valence-corrected chi connectivity index (χ2v) is 9.47. The standard InChI is InChI=1S/C15H21Br2NO2S/c1-10-4-3-5-12(6-10)9-18-21(19,20)15-8-13(16)11(2)7-14(15)17/h7-8,10,12,18H,3-6,9H2,1-2H3. The topological polar surface area (TPSA) is 46.2 Å². The molecule has 2 rings (SSSR count). The molecule has 3 nitrogen and oxygen atoms in total. The van der Waals surface area contributed by atoms with Crippen LogP contribution in [0.25, 0.3) is 0 Å². The lowest BCUT2D eigenvalue weighted by molar-refractivity contribution is 0.283. The summed E-state index contributed by atoms with van der Waals surface area (Å²) >= 11 is 6.75. The molecule has 1 saturated carbocycles. The zero-order valence-corrected chi connectivity index (χ0v) is 16.3. The van der Waals surface area contributed by atoms with Gasteiger partial charge in [-0.25, -0.2) is 13.1 Å². The maximum Gasteiger partial charge on any atom is 0.241 e. The Morgan fingerprint density at radius 3 is 2.62 bits per heavy atom. The molecule has 6 heteroatoms. The molecule has 2 unspecified atom stereocenters. The SMILES string of the molecule is Cc1cc(Br)c(S(=O)(=O)NCC2CCCC(C)C2)cc1Br. The highest BCUT2D eigenvalue weighted by molar-refractivity contribution is 9.11. The average Bonchev–Trinajstić information content (AvgIpc) is 2.41. The highest BCUT2D eigenvalue weighted by atomic mass is 79.9. The first-order valence-corrected chi connectivity index (χ1v) is 10.3. The molecule has 0 spiro atoms. The summed E-state index contributed by atoms with van der Waals surface area (Å²) in [5.41, 5.74) is 1.00. The minimum atomic E-state index is -3.47. The van der Waals surface area contributed by atoms with Crippen molar-refractivity contribution in [3.63, 3.8) is 0 Å². The zero-order chi connectivity index (χ0) is 15.6. The number of hydrogen-bond donors (Lipinski definition) is 1. The van der Waals surface area contributed by atoms with Crippen LogP contribution in [-0.2, 0) is 10.0 Å². The maximum atomic E-state index is 12.5. The fourth-order valence-electron chi connectivity index (χ4n) is 2.88. The molecule has 0 aromatic heterocycles. The molecule has 1 aliphatic carbocycles. The molecule has 1 N–H and O–H groups in total. The lowest BCUT2D eigenvalue weighted by atomic mass is 9.83. The van der Waals surface area contributed by atoms with Crippen LogP contribution in [0.1, 0.15) is 38.2 Å². The first-order chi connectivity index (χ1) is 9.79. The summed E-state index contributed by atoms with van der Waals surface area (Å²) in [7, 11) is -3.47. The number of aryl methyl sites for hydroxylation is 1. The van der Waals surface area contributed by atoms with E-state index >= 15 is 0 Å². The van der Waals surface area contributed by atoms with Gasteiger partial charge in [-0.1, -0.05) is 35.7 Å². The summed E-state index contributed by atoms with van der Waals surface area (Å²) in [6, 6.07) is 3.48. The van der Waals surface area contributed by atoms with Crippen molar-refractivity contribution >= 4 is 41.9 Å². The van der Waals surface area contributed by atoms with E-state index in [0.29, 0.717) is 27.7 Å². The van der Waals surface area contributed by atoms with E-state index in [-0.39, 0.29) is 0 Å². The van der Waals surface area contributed by atoms with Crippen LogP contribution in [0.4, 0.5) is 0 Å². The van der Waals surface area contributed by atoms with Crippen LogP contribution in [0.2, 0.25) is 0 Å². The van der Waals surface area contributed by atoms with Crippen molar-refractivity contribution in [2.24, 2.45) is 11.8 Å². The molecule has 0 aliphatic heterocycles. The molecule has 1 aromatic rings. The van der Waals surface area contributed by atoms with Gasteiger partial charge in [-0.3, -0.25) is 0 Å². The molecule has 118 valence electrons. The molecule has 0 amide bonds. The summed E-state index contributed by atoms with van der Waals surface area (Å²) in [4.78, 5) is 0.295. The van der Waals surface area contributed by atoms with Crippen LogP contribution >= 0.6 is 31.9 Å². The fraction of sp³-hybridized carbons (Fsp3) is 0.600. The minimum absolute atomic E-state index is 0.295. The number of halogens is 2. The number of nitrogens with one attached hydrogen (secondary N) is 1. The Morgan fingerprint density at radius 2 is 1.95 bits per heavy atom. The monoisotopic (exact) mass is 437 g/mol. The molecular weight excluding hydrogens is 418 g/mol. The van der Waals surface area contributed by atoms with Crippen LogP contribution in [-0.4, -0.2) is 15.0 Å². The van der Waals surface area contributed by atoms with Gasteiger partial charge < -0.3 is 0 Å². The van der Waals surface area contributed by atoms with Gasteiger partial charge in [0.05, 0.1) is 4.90 Å². The quantitative estimate of drug-likeness (QED) is 0.744. The van der Waals surface area contributed by atoms with E-state index in [1.54, 1.807) is 6.07 Å².